The van der Waals surface area contributed by atoms with E-state index in [0.717, 1.165) is 0 Å². The lowest BCUT2D eigenvalue weighted by atomic mass is 9.97. The molecule has 5 heteroatoms. The maximum Gasteiger partial charge on any atom is 0.271 e. The fraction of sp³-hybridized carbons (Fsp3) is 0.133. The first-order valence-electron chi connectivity index (χ1n) is 6.06. The summed E-state index contributed by atoms with van der Waals surface area (Å²) in [6.45, 7) is 1.35. The van der Waals surface area contributed by atoms with Crippen molar-refractivity contribution in [3.63, 3.8) is 0 Å². The summed E-state index contributed by atoms with van der Waals surface area (Å²) in [5.41, 5.74) is 1.05. The molecule has 1 atom stereocenters. The van der Waals surface area contributed by atoms with Crippen LogP contribution < -0.4 is 0 Å². The zero-order valence-electron chi connectivity index (χ0n) is 10.9. The summed E-state index contributed by atoms with van der Waals surface area (Å²) < 4.78 is 31.8. The van der Waals surface area contributed by atoms with Gasteiger partial charge in [-0.25, -0.2) is 0 Å². The van der Waals surface area contributed by atoms with E-state index in [-0.39, 0.29) is 11.3 Å². The maximum atomic E-state index is 12.4. The Morgan fingerprint density at radius 2 is 1.55 bits per heavy atom. The van der Waals surface area contributed by atoms with Gasteiger partial charge in [-0.3, -0.25) is 9.35 Å². The van der Waals surface area contributed by atoms with Gasteiger partial charge in [0.15, 0.2) is 5.78 Å². The Morgan fingerprint density at radius 1 is 1.00 bits per heavy atom. The van der Waals surface area contributed by atoms with E-state index in [1.54, 1.807) is 48.5 Å². The smallest absolute Gasteiger partial charge is 0.271 e. The van der Waals surface area contributed by atoms with Crippen molar-refractivity contribution in [3.05, 3.63) is 71.3 Å². The highest BCUT2D eigenvalue weighted by molar-refractivity contribution is 7.86. The molecule has 0 radical (unpaired) electrons. The van der Waals surface area contributed by atoms with E-state index in [4.69, 9.17) is 0 Å². The number of hydrogen-bond donors (Lipinski definition) is 1. The molecule has 0 fully saturated rings. The molecule has 2 aromatic carbocycles. The standard InChI is InChI=1S/C15H14O4S/c1-11(20(17,18)19)13-9-5-6-10-14(13)15(16)12-7-3-2-4-8-12/h2-11H,1H3,(H,17,18,19). The summed E-state index contributed by atoms with van der Waals surface area (Å²) in [7, 11) is -4.25. The Hall–Kier alpha value is -1.98. The molecular formula is C15H14O4S. The van der Waals surface area contributed by atoms with E-state index in [2.05, 4.69) is 0 Å². The van der Waals surface area contributed by atoms with E-state index in [9.17, 15) is 17.8 Å². The molecule has 0 saturated carbocycles. The van der Waals surface area contributed by atoms with Crippen LogP contribution in [0.1, 0.15) is 33.7 Å². The van der Waals surface area contributed by atoms with Crippen molar-refractivity contribution < 1.29 is 17.8 Å². The van der Waals surface area contributed by atoms with E-state index < -0.39 is 15.4 Å². The average molecular weight is 290 g/mol. The van der Waals surface area contributed by atoms with Crippen LogP contribution in [0.3, 0.4) is 0 Å². The van der Waals surface area contributed by atoms with Gasteiger partial charge in [-0.05, 0) is 12.5 Å². The molecule has 20 heavy (non-hydrogen) atoms. The van der Waals surface area contributed by atoms with E-state index >= 15 is 0 Å². The summed E-state index contributed by atoms with van der Waals surface area (Å²) in [5.74, 6) is -0.267. The average Bonchev–Trinajstić information content (AvgIpc) is 2.45. The van der Waals surface area contributed by atoms with Crippen molar-refractivity contribution >= 4 is 15.9 Å². The zero-order chi connectivity index (χ0) is 14.8. The number of rotatable bonds is 4. The highest BCUT2D eigenvalue weighted by Gasteiger charge is 2.24. The second-order valence-corrected chi connectivity index (χ2v) is 6.18. The van der Waals surface area contributed by atoms with Crippen molar-refractivity contribution in [2.24, 2.45) is 0 Å². The van der Waals surface area contributed by atoms with Gasteiger partial charge in [-0.2, -0.15) is 8.42 Å². The van der Waals surface area contributed by atoms with Gasteiger partial charge in [0.1, 0.15) is 5.25 Å². The number of benzene rings is 2. The molecule has 0 aliphatic carbocycles. The molecule has 0 aliphatic rings. The second-order valence-electron chi connectivity index (χ2n) is 4.44. The highest BCUT2D eigenvalue weighted by Crippen LogP contribution is 2.26. The molecule has 1 unspecified atom stereocenters. The van der Waals surface area contributed by atoms with Gasteiger partial charge < -0.3 is 0 Å². The van der Waals surface area contributed by atoms with Crippen LogP contribution in [0.25, 0.3) is 0 Å². The summed E-state index contributed by atoms with van der Waals surface area (Å²) in [6, 6.07) is 15.0. The highest BCUT2D eigenvalue weighted by atomic mass is 32.2. The lowest BCUT2D eigenvalue weighted by Gasteiger charge is -2.13. The molecule has 2 aromatic rings. The van der Waals surface area contributed by atoms with Crippen LogP contribution in [0.4, 0.5) is 0 Å². The molecule has 4 nitrogen and oxygen atoms in total. The summed E-state index contributed by atoms with van der Waals surface area (Å²) in [4.78, 5) is 12.4. The minimum atomic E-state index is -4.25. The first kappa shape index (κ1) is 14.4. The van der Waals surface area contributed by atoms with Gasteiger partial charge in [0.05, 0.1) is 0 Å². The molecular weight excluding hydrogens is 276 g/mol. The van der Waals surface area contributed by atoms with Crippen molar-refractivity contribution in [2.75, 3.05) is 0 Å². The third-order valence-corrected chi connectivity index (χ3v) is 4.27. The quantitative estimate of drug-likeness (QED) is 0.694. The van der Waals surface area contributed by atoms with Crippen LogP contribution >= 0.6 is 0 Å². The van der Waals surface area contributed by atoms with E-state index in [1.165, 1.54) is 13.0 Å². The predicted molar refractivity (Wildman–Crippen MR) is 76.3 cm³/mol. The summed E-state index contributed by atoms with van der Waals surface area (Å²) >= 11 is 0. The third-order valence-electron chi connectivity index (χ3n) is 3.13. The molecule has 0 spiro atoms. The van der Waals surface area contributed by atoms with Crippen molar-refractivity contribution in [3.8, 4) is 0 Å². The topological polar surface area (TPSA) is 71.4 Å². The zero-order valence-corrected chi connectivity index (χ0v) is 11.7. The molecule has 0 aromatic heterocycles. The van der Waals surface area contributed by atoms with Crippen molar-refractivity contribution in [1.29, 1.82) is 0 Å². The van der Waals surface area contributed by atoms with E-state index in [1.807, 2.05) is 0 Å². The Morgan fingerprint density at radius 3 is 2.15 bits per heavy atom. The number of carbonyl (C=O) groups excluding carboxylic acids is 1. The normalized spacial score (nSPS) is 12.9. The number of ketones is 1. The van der Waals surface area contributed by atoms with Crippen LogP contribution in [-0.2, 0) is 10.1 Å². The fourth-order valence-corrected chi connectivity index (χ4v) is 2.49. The molecule has 0 aliphatic heterocycles. The van der Waals surface area contributed by atoms with Crippen LogP contribution in [0.15, 0.2) is 54.6 Å². The Labute approximate surface area is 117 Å². The van der Waals surface area contributed by atoms with Crippen molar-refractivity contribution in [1.82, 2.24) is 0 Å². The monoisotopic (exact) mass is 290 g/mol. The first-order chi connectivity index (χ1) is 9.41. The third kappa shape index (κ3) is 2.95. The Kier molecular flexibility index (Phi) is 4.01. The summed E-state index contributed by atoms with van der Waals surface area (Å²) in [5, 5.41) is -1.15. The number of hydrogen-bond acceptors (Lipinski definition) is 3. The molecule has 0 saturated heterocycles. The van der Waals surface area contributed by atoms with Gasteiger partial charge in [0.2, 0.25) is 0 Å². The lowest BCUT2D eigenvalue weighted by Crippen LogP contribution is -2.13. The maximum absolute atomic E-state index is 12.4. The largest absolute Gasteiger partial charge is 0.289 e. The van der Waals surface area contributed by atoms with Crippen LogP contribution in [0, 0.1) is 0 Å². The molecule has 1 N–H and O–H groups in total. The fourth-order valence-electron chi connectivity index (χ4n) is 1.96. The minimum Gasteiger partial charge on any atom is -0.289 e. The van der Waals surface area contributed by atoms with Crippen LogP contribution in [-0.4, -0.2) is 18.8 Å². The lowest BCUT2D eigenvalue weighted by molar-refractivity contribution is 0.103. The Bertz CT molecular complexity index is 721. The van der Waals surface area contributed by atoms with Crippen molar-refractivity contribution in [2.45, 2.75) is 12.2 Å². The second kappa shape index (κ2) is 5.56. The van der Waals surface area contributed by atoms with Gasteiger partial charge in [0.25, 0.3) is 10.1 Å². The summed E-state index contributed by atoms with van der Waals surface area (Å²) in [6.07, 6.45) is 0. The molecule has 104 valence electrons. The SMILES string of the molecule is CC(c1ccccc1C(=O)c1ccccc1)S(=O)(=O)O. The Balaban J connectivity index is 2.51. The van der Waals surface area contributed by atoms with Gasteiger partial charge in [-0.15, -0.1) is 0 Å². The van der Waals surface area contributed by atoms with E-state index in [0.29, 0.717) is 11.1 Å². The number of carbonyl (C=O) groups is 1. The van der Waals surface area contributed by atoms with Gasteiger partial charge in [-0.1, -0.05) is 54.6 Å². The van der Waals surface area contributed by atoms with Gasteiger partial charge in [0, 0.05) is 11.1 Å². The van der Waals surface area contributed by atoms with Crippen LogP contribution in [0.2, 0.25) is 0 Å². The molecule has 2 rings (SSSR count). The van der Waals surface area contributed by atoms with Gasteiger partial charge >= 0.3 is 0 Å². The van der Waals surface area contributed by atoms with Crippen LogP contribution in [0.5, 0.6) is 0 Å². The first-order valence-corrected chi connectivity index (χ1v) is 7.56. The predicted octanol–water partition coefficient (Wildman–Crippen LogP) is 2.87. The minimum absolute atomic E-state index is 0.267. The molecule has 0 amide bonds. The molecule has 0 heterocycles. The molecule has 0 bridgehead atoms.